The van der Waals surface area contributed by atoms with Gasteiger partial charge in [-0.1, -0.05) is 25.1 Å². The summed E-state index contributed by atoms with van der Waals surface area (Å²) in [5.41, 5.74) is 8.14. The number of amides is 1. The first-order valence-corrected chi connectivity index (χ1v) is 13.4. The third kappa shape index (κ3) is 4.28. The first-order valence-electron chi connectivity index (χ1n) is 12.4. The fourth-order valence-corrected chi connectivity index (χ4v) is 5.82. The van der Waals surface area contributed by atoms with E-state index in [2.05, 4.69) is 52.2 Å². The predicted octanol–water partition coefficient (Wildman–Crippen LogP) is 5.63. The smallest absolute Gasteiger partial charge is 0.254 e. The molecule has 0 fully saturated rings. The van der Waals surface area contributed by atoms with Crippen molar-refractivity contribution in [3.8, 4) is 16.9 Å². The lowest BCUT2D eigenvalue weighted by atomic mass is 9.99. The van der Waals surface area contributed by atoms with E-state index in [4.69, 9.17) is 4.74 Å². The van der Waals surface area contributed by atoms with Crippen LogP contribution in [-0.2, 0) is 13.0 Å². The molecule has 0 radical (unpaired) electrons. The van der Waals surface area contributed by atoms with Crippen LogP contribution in [0.25, 0.3) is 22.2 Å². The number of imidazole rings is 1. The predicted molar refractivity (Wildman–Crippen MR) is 146 cm³/mol. The lowest BCUT2D eigenvalue weighted by molar-refractivity contribution is 0.0732. The van der Waals surface area contributed by atoms with E-state index in [1.54, 1.807) is 11.8 Å². The van der Waals surface area contributed by atoms with E-state index in [1.807, 2.05) is 36.1 Å². The van der Waals surface area contributed by atoms with Crippen molar-refractivity contribution in [3.05, 3.63) is 82.7 Å². The number of nitrogens with zero attached hydrogens (tertiary/aromatic N) is 3. The Balaban J connectivity index is 1.29. The Morgan fingerprint density at radius 2 is 1.92 bits per heavy atom. The number of aryl methyl sites for hydroxylation is 2. The number of aliphatic imine (C=N–C) groups is 1. The van der Waals surface area contributed by atoms with Crippen LogP contribution in [0, 0.1) is 6.92 Å². The first-order chi connectivity index (χ1) is 17.6. The van der Waals surface area contributed by atoms with Crippen molar-refractivity contribution in [3.63, 3.8) is 0 Å². The lowest BCUT2D eigenvalue weighted by Gasteiger charge is -2.22. The summed E-state index contributed by atoms with van der Waals surface area (Å²) in [6.07, 6.45) is 0.799. The van der Waals surface area contributed by atoms with Crippen molar-refractivity contribution in [2.75, 3.05) is 25.4 Å². The Hall–Kier alpha value is -3.58. The van der Waals surface area contributed by atoms with Gasteiger partial charge in [-0.25, -0.2) is 4.98 Å². The van der Waals surface area contributed by atoms with Crippen molar-refractivity contribution in [2.45, 2.75) is 26.8 Å². The van der Waals surface area contributed by atoms with Crippen molar-refractivity contribution < 1.29 is 9.53 Å². The third-order valence-electron chi connectivity index (χ3n) is 6.81. The van der Waals surface area contributed by atoms with Crippen molar-refractivity contribution in [2.24, 2.45) is 4.99 Å². The topological polar surface area (TPSA) is 70.6 Å². The molecule has 36 heavy (non-hydrogen) atoms. The highest BCUT2D eigenvalue weighted by Gasteiger charge is 2.24. The summed E-state index contributed by atoms with van der Waals surface area (Å²) in [5, 5.41) is 1.08. The summed E-state index contributed by atoms with van der Waals surface area (Å²) < 4.78 is 6.04. The number of fused-ring (bicyclic) bond motifs is 2. The van der Waals surface area contributed by atoms with Gasteiger partial charge in [-0.2, -0.15) is 0 Å². The van der Waals surface area contributed by atoms with Crippen LogP contribution < -0.4 is 4.74 Å². The van der Waals surface area contributed by atoms with E-state index in [0.717, 1.165) is 79.8 Å². The van der Waals surface area contributed by atoms with Gasteiger partial charge in [-0.3, -0.25) is 9.79 Å². The molecule has 0 aliphatic carbocycles. The average Bonchev–Trinajstić information content (AvgIpc) is 3.51. The molecule has 1 aromatic heterocycles. The molecule has 3 aromatic carbocycles. The van der Waals surface area contributed by atoms with E-state index < -0.39 is 0 Å². The molecular formula is C29H28N4O2S. The lowest BCUT2D eigenvalue weighted by Crippen LogP contribution is -2.33. The SMILES string of the molecule is CCc1cc(C2=NCCS2)ccc1C(=O)N1CCOc2ccc(-c3ccc4nc(C)[nH]c4c3)cc2C1. The van der Waals surface area contributed by atoms with Crippen LogP contribution in [0.4, 0.5) is 0 Å². The molecule has 0 atom stereocenters. The number of carbonyl (C=O) groups excluding carboxylic acids is 1. The largest absolute Gasteiger partial charge is 0.491 e. The summed E-state index contributed by atoms with van der Waals surface area (Å²) in [6, 6.07) is 18.7. The Labute approximate surface area is 214 Å². The molecule has 0 saturated carbocycles. The maximum Gasteiger partial charge on any atom is 0.254 e. The number of carbonyl (C=O) groups is 1. The van der Waals surface area contributed by atoms with Gasteiger partial charge in [0.25, 0.3) is 5.91 Å². The number of nitrogens with one attached hydrogen (secondary N) is 1. The number of thioether (sulfide) groups is 1. The molecule has 0 spiro atoms. The quantitative estimate of drug-likeness (QED) is 0.398. The summed E-state index contributed by atoms with van der Waals surface area (Å²) >= 11 is 1.79. The van der Waals surface area contributed by atoms with Crippen LogP contribution in [0.15, 0.2) is 59.6 Å². The number of benzene rings is 3. The van der Waals surface area contributed by atoms with Crippen molar-refractivity contribution in [1.82, 2.24) is 14.9 Å². The molecule has 0 bridgehead atoms. The second-order valence-corrected chi connectivity index (χ2v) is 10.3. The molecule has 3 heterocycles. The maximum absolute atomic E-state index is 13.7. The van der Waals surface area contributed by atoms with Gasteiger partial charge < -0.3 is 14.6 Å². The number of ether oxygens (including phenoxy) is 1. The van der Waals surface area contributed by atoms with Crippen molar-refractivity contribution >= 4 is 33.7 Å². The summed E-state index contributed by atoms with van der Waals surface area (Å²) in [7, 11) is 0. The van der Waals surface area contributed by atoms with Gasteiger partial charge in [0.15, 0.2) is 0 Å². The molecule has 182 valence electrons. The molecule has 0 saturated heterocycles. The fourth-order valence-electron chi connectivity index (χ4n) is 4.97. The van der Waals surface area contributed by atoms with Crippen LogP contribution in [0.3, 0.4) is 0 Å². The normalized spacial score (nSPS) is 15.4. The van der Waals surface area contributed by atoms with Gasteiger partial charge in [0.2, 0.25) is 0 Å². The highest BCUT2D eigenvalue weighted by molar-refractivity contribution is 8.14. The second-order valence-electron chi connectivity index (χ2n) is 9.21. The van der Waals surface area contributed by atoms with E-state index in [9.17, 15) is 4.79 Å². The molecule has 0 unspecified atom stereocenters. The van der Waals surface area contributed by atoms with Crippen LogP contribution in [0.2, 0.25) is 0 Å². The molecule has 7 heteroatoms. The highest BCUT2D eigenvalue weighted by atomic mass is 32.2. The number of H-pyrrole nitrogens is 1. The number of hydrogen-bond acceptors (Lipinski definition) is 5. The van der Waals surface area contributed by atoms with Gasteiger partial charge in [0.1, 0.15) is 18.2 Å². The van der Waals surface area contributed by atoms with E-state index >= 15 is 0 Å². The van der Waals surface area contributed by atoms with Crippen molar-refractivity contribution in [1.29, 1.82) is 0 Å². The molecule has 6 nitrogen and oxygen atoms in total. The van der Waals surface area contributed by atoms with E-state index in [-0.39, 0.29) is 5.91 Å². The Bertz CT molecular complexity index is 1510. The Morgan fingerprint density at radius 3 is 2.75 bits per heavy atom. The fraction of sp³-hybridized carbons (Fsp3) is 0.276. The molecule has 2 aliphatic heterocycles. The molecule has 1 N–H and O–H groups in total. The summed E-state index contributed by atoms with van der Waals surface area (Å²) in [4.78, 5) is 28.0. The van der Waals surface area contributed by atoms with Gasteiger partial charge in [0.05, 0.1) is 22.6 Å². The minimum atomic E-state index is 0.0515. The molecule has 6 rings (SSSR count). The molecular weight excluding hydrogens is 468 g/mol. The zero-order valence-corrected chi connectivity index (χ0v) is 21.3. The number of hydrogen-bond donors (Lipinski definition) is 1. The second kappa shape index (κ2) is 9.47. The molecule has 2 aliphatic rings. The zero-order chi connectivity index (χ0) is 24.6. The average molecular weight is 497 g/mol. The van der Waals surface area contributed by atoms with Gasteiger partial charge in [-0.05, 0) is 66.4 Å². The number of rotatable bonds is 4. The minimum Gasteiger partial charge on any atom is -0.491 e. The highest BCUT2D eigenvalue weighted by Crippen LogP contribution is 2.31. The zero-order valence-electron chi connectivity index (χ0n) is 20.5. The molecule has 1 amide bonds. The standard InChI is InChI=1S/C29H28N4O2S/c1-3-19-14-22(28-30-10-13-36-28)4-7-24(19)29(34)33-11-12-35-27-9-6-20(15-23(27)17-33)21-5-8-25-26(16-21)32-18(2)31-25/h4-9,14-16H,3,10-13,17H2,1-2H3,(H,31,32). The number of aromatic nitrogens is 2. The van der Waals surface area contributed by atoms with Crippen LogP contribution in [0.1, 0.15) is 39.8 Å². The van der Waals surface area contributed by atoms with Crippen LogP contribution in [0.5, 0.6) is 5.75 Å². The summed E-state index contributed by atoms with van der Waals surface area (Å²) in [6.45, 7) is 6.47. The summed E-state index contributed by atoms with van der Waals surface area (Å²) in [5.74, 6) is 2.83. The first kappa shape index (κ1) is 22.9. The minimum absolute atomic E-state index is 0.0515. The van der Waals surface area contributed by atoms with E-state index in [1.165, 1.54) is 0 Å². The third-order valence-corrected chi connectivity index (χ3v) is 7.84. The maximum atomic E-state index is 13.7. The number of aromatic amines is 1. The monoisotopic (exact) mass is 496 g/mol. The molecule has 4 aromatic rings. The van der Waals surface area contributed by atoms with Crippen LogP contribution >= 0.6 is 11.8 Å². The van der Waals surface area contributed by atoms with E-state index in [0.29, 0.717) is 19.7 Å². The van der Waals surface area contributed by atoms with Gasteiger partial charge >= 0.3 is 0 Å². The van der Waals surface area contributed by atoms with Gasteiger partial charge in [0, 0.05) is 35.5 Å². The Morgan fingerprint density at radius 1 is 1.08 bits per heavy atom. The Kier molecular flexibility index (Phi) is 6.01. The van der Waals surface area contributed by atoms with Crippen LogP contribution in [-0.4, -0.2) is 51.3 Å². The van der Waals surface area contributed by atoms with Gasteiger partial charge in [-0.15, -0.1) is 11.8 Å².